The van der Waals surface area contributed by atoms with Gasteiger partial charge < -0.3 is 10.6 Å². The molecule has 0 heterocycles. The quantitative estimate of drug-likeness (QED) is 0.822. The van der Waals surface area contributed by atoms with Gasteiger partial charge in [0.1, 0.15) is 0 Å². The van der Waals surface area contributed by atoms with Gasteiger partial charge in [0.2, 0.25) is 5.91 Å². The third-order valence-corrected chi connectivity index (χ3v) is 2.73. The van der Waals surface area contributed by atoms with Gasteiger partial charge in [0, 0.05) is 5.69 Å². The summed E-state index contributed by atoms with van der Waals surface area (Å²) < 4.78 is 0. The van der Waals surface area contributed by atoms with Gasteiger partial charge in [-0.25, -0.2) is 0 Å². The highest BCUT2D eigenvalue weighted by molar-refractivity contribution is 5.93. The summed E-state index contributed by atoms with van der Waals surface area (Å²) in [4.78, 5) is 11.7. The maximum absolute atomic E-state index is 11.7. The van der Waals surface area contributed by atoms with Gasteiger partial charge in [-0.3, -0.25) is 4.79 Å². The average molecular weight is 234 g/mol. The fraction of sp³-hybridized carbons (Fsp3) is 0.500. The van der Waals surface area contributed by atoms with Crippen LogP contribution in [0.1, 0.15) is 37.8 Å². The molecule has 1 amide bonds. The molecule has 0 fully saturated rings. The Morgan fingerprint density at radius 3 is 2.65 bits per heavy atom. The van der Waals surface area contributed by atoms with Gasteiger partial charge in [0.15, 0.2) is 0 Å². The lowest BCUT2D eigenvalue weighted by Gasteiger charge is -2.16. The largest absolute Gasteiger partial charge is 0.324 e. The standard InChI is InChI=1S/C14H22N2O/c1-5-15-9-13(17)16-14-11(4)7-6-8-12(14)10(2)3/h6-8,10,15H,5,9H2,1-4H3,(H,16,17). The maximum Gasteiger partial charge on any atom is 0.238 e. The van der Waals surface area contributed by atoms with Crippen molar-refractivity contribution in [1.29, 1.82) is 0 Å². The van der Waals surface area contributed by atoms with Crippen LogP contribution in [0.3, 0.4) is 0 Å². The van der Waals surface area contributed by atoms with Crippen molar-refractivity contribution in [3.8, 4) is 0 Å². The molecule has 0 unspecified atom stereocenters. The number of para-hydroxylation sites is 1. The molecular formula is C14H22N2O. The van der Waals surface area contributed by atoms with Gasteiger partial charge in [0.25, 0.3) is 0 Å². The van der Waals surface area contributed by atoms with Crippen LogP contribution < -0.4 is 10.6 Å². The molecule has 1 aromatic rings. The van der Waals surface area contributed by atoms with Crippen molar-refractivity contribution < 1.29 is 4.79 Å². The molecule has 3 heteroatoms. The molecule has 0 bridgehead atoms. The summed E-state index contributed by atoms with van der Waals surface area (Å²) in [6.45, 7) is 9.44. The molecule has 3 nitrogen and oxygen atoms in total. The van der Waals surface area contributed by atoms with Gasteiger partial charge in [-0.1, -0.05) is 39.0 Å². The molecule has 0 atom stereocenters. The fourth-order valence-electron chi connectivity index (χ4n) is 1.76. The molecule has 0 aliphatic rings. The highest BCUT2D eigenvalue weighted by atomic mass is 16.1. The topological polar surface area (TPSA) is 41.1 Å². The number of likely N-dealkylation sites (N-methyl/N-ethyl adjacent to an activating group) is 1. The number of benzene rings is 1. The number of anilines is 1. The van der Waals surface area contributed by atoms with Crippen molar-refractivity contribution in [2.45, 2.75) is 33.6 Å². The fourth-order valence-corrected chi connectivity index (χ4v) is 1.76. The number of nitrogens with one attached hydrogen (secondary N) is 2. The zero-order valence-corrected chi connectivity index (χ0v) is 11.1. The number of amides is 1. The van der Waals surface area contributed by atoms with E-state index in [1.54, 1.807) is 0 Å². The van der Waals surface area contributed by atoms with Crippen LogP contribution in [0.25, 0.3) is 0 Å². The van der Waals surface area contributed by atoms with Gasteiger partial charge in [0.05, 0.1) is 6.54 Å². The minimum Gasteiger partial charge on any atom is -0.324 e. The Hall–Kier alpha value is -1.35. The average Bonchev–Trinajstić information content (AvgIpc) is 2.28. The van der Waals surface area contributed by atoms with E-state index < -0.39 is 0 Å². The first-order chi connectivity index (χ1) is 8.06. The number of rotatable bonds is 5. The normalized spacial score (nSPS) is 10.6. The number of aryl methyl sites for hydroxylation is 1. The molecule has 0 aliphatic carbocycles. The van der Waals surface area contributed by atoms with Gasteiger partial charge in [-0.05, 0) is 30.5 Å². The van der Waals surface area contributed by atoms with E-state index in [2.05, 4.69) is 30.5 Å². The number of hydrogen-bond acceptors (Lipinski definition) is 2. The Labute approximate surface area is 104 Å². The minimum atomic E-state index is 0.0167. The summed E-state index contributed by atoms with van der Waals surface area (Å²) in [7, 11) is 0. The van der Waals surface area contributed by atoms with Crippen molar-refractivity contribution >= 4 is 11.6 Å². The molecule has 0 radical (unpaired) electrons. The van der Waals surface area contributed by atoms with Crippen molar-refractivity contribution in [2.75, 3.05) is 18.4 Å². The van der Waals surface area contributed by atoms with E-state index in [4.69, 9.17) is 0 Å². The minimum absolute atomic E-state index is 0.0167. The predicted molar refractivity (Wildman–Crippen MR) is 72.4 cm³/mol. The highest BCUT2D eigenvalue weighted by Gasteiger charge is 2.11. The highest BCUT2D eigenvalue weighted by Crippen LogP contribution is 2.27. The molecule has 0 aromatic heterocycles. The van der Waals surface area contributed by atoms with E-state index in [-0.39, 0.29) is 5.91 Å². The van der Waals surface area contributed by atoms with Gasteiger partial charge in [-0.2, -0.15) is 0 Å². The van der Waals surface area contributed by atoms with Crippen molar-refractivity contribution in [2.24, 2.45) is 0 Å². The second kappa shape index (κ2) is 6.40. The molecule has 0 aliphatic heterocycles. The van der Waals surface area contributed by atoms with Crippen LogP contribution >= 0.6 is 0 Å². The van der Waals surface area contributed by atoms with E-state index >= 15 is 0 Å². The molecule has 1 rings (SSSR count). The monoisotopic (exact) mass is 234 g/mol. The van der Waals surface area contributed by atoms with E-state index in [1.807, 2.05) is 26.0 Å². The van der Waals surface area contributed by atoms with Crippen LogP contribution in [0.15, 0.2) is 18.2 Å². The van der Waals surface area contributed by atoms with Crippen LogP contribution in [0, 0.1) is 6.92 Å². The van der Waals surface area contributed by atoms with E-state index in [1.165, 1.54) is 5.56 Å². The summed E-state index contributed by atoms with van der Waals surface area (Å²) in [5.74, 6) is 0.424. The Kier molecular flexibility index (Phi) is 5.16. The van der Waals surface area contributed by atoms with Crippen LogP contribution in [-0.4, -0.2) is 19.0 Å². The first-order valence-corrected chi connectivity index (χ1v) is 6.16. The van der Waals surface area contributed by atoms with Crippen LogP contribution in [0.2, 0.25) is 0 Å². The maximum atomic E-state index is 11.7. The smallest absolute Gasteiger partial charge is 0.238 e. The van der Waals surface area contributed by atoms with Crippen LogP contribution in [0.4, 0.5) is 5.69 Å². The van der Waals surface area contributed by atoms with Crippen LogP contribution in [-0.2, 0) is 4.79 Å². The molecule has 0 saturated carbocycles. The summed E-state index contributed by atoms with van der Waals surface area (Å²) >= 11 is 0. The summed E-state index contributed by atoms with van der Waals surface area (Å²) in [6.07, 6.45) is 0. The lowest BCUT2D eigenvalue weighted by Crippen LogP contribution is -2.28. The van der Waals surface area contributed by atoms with Crippen molar-refractivity contribution in [3.63, 3.8) is 0 Å². The third-order valence-electron chi connectivity index (χ3n) is 2.73. The molecule has 0 saturated heterocycles. The van der Waals surface area contributed by atoms with Crippen LogP contribution in [0.5, 0.6) is 0 Å². The summed E-state index contributed by atoms with van der Waals surface area (Å²) in [5, 5.41) is 6.02. The van der Waals surface area contributed by atoms with E-state index in [9.17, 15) is 4.79 Å². The molecule has 94 valence electrons. The molecule has 0 spiro atoms. The lowest BCUT2D eigenvalue weighted by atomic mass is 9.98. The summed E-state index contributed by atoms with van der Waals surface area (Å²) in [5.41, 5.74) is 3.27. The Morgan fingerprint density at radius 2 is 2.06 bits per heavy atom. The number of hydrogen-bond donors (Lipinski definition) is 2. The zero-order chi connectivity index (χ0) is 12.8. The Morgan fingerprint density at radius 1 is 1.35 bits per heavy atom. The third kappa shape index (κ3) is 3.86. The second-order valence-electron chi connectivity index (χ2n) is 4.52. The zero-order valence-electron chi connectivity index (χ0n) is 11.1. The molecular weight excluding hydrogens is 212 g/mol. The first kappa shape index (κ1) is 13.7. The van der Waals surface area contributed by atoms with Gasteiger partial charge >= 0.3 is 0 Å². The number of carbonyl (C=O) groups excluding carboxylic acids is 1. The van der Waals surface area contributed by atoms with E-state index in [0.29, 0.717) is 12.5 Å². The molecule has 1 aromatic carbocycles. The lowest BCUT2D eigenvalue weighted by molar-refractivity contribution is -0.115. The van der Waals surface area contributed by atoms with Crippen molar-refractivity contribution in [3.05, 3.63) is 29.3 Å². The number of carbonyl (C=O) groups is 1. The first-order valence-electron chi connectivity index (χ1n) is 6.16. The second-order valence-corrected chi connectivity index (χ2v) is 4.52. The predicted octanol–water partition coefficient (Wildman–Crippen LogP) is 2.67. The van der Waals surface area contributed by atoms with Crippen molar-refractivity contribution in [1.82, 2.24) is 5.32 Å². The molecule has 17 heavy (non-hydrogen) atoms. The summed E-state index contributed by atoms with van der Waals surface area (Å²) in [6, 6.07) is 6.12. The SMILES string of the molecule is CCNCC(=O)Nc1c(C)cccc1C(C)C. The Balaban J connectivity index is 2.85. The van der Waals surface area contributed by atoms with E-state index in [0.717, 1.165) is 17.8 Å². The molecule has 2 N–H and O–H groups in total. The Bertz CT molecular complexity index is 386. The van der Waals surface area contributed by atoms with Gasteiger partial charge in [-0.15, -0.1) is 0 Å².